The second-order valence-corrected chi connectivity index (χ2v) is 4.90. The van der Waals surface area contributed by atoms with Crippen LogP contribution in [0.15, 0.2) is 42.3 Å². The first-order chi connectivity index (χ1) is 8.86. The normalized spacial score (nSPS) is 12.9. The minimum Gasteiger partial charge on any atom is -0.297 e. The minimum atomic E-state index is 0.0533. The van der Waals surface area contributed by atoms with E-state index in [1.165, 1.54) is 0 Å². The summed E-state index contributed by atoms with van der Waals surface area (Å²) in [5.41, 5.74) is 4.97. The first-order valence-corrected chi connectivity index (χ1v) is 6.52. The first-order valence-electron chi connectivity index (χ1n) is 5.64. The summed E-state index contributed by atoms with van der Waals surface area (Å²) in [6, 6.07) is 3.98. The number of hydrogen-bond acceptors (Lipinski definition) is 5. The van der Waals surface area contributed by atoms with Gasteiger partial charge >= 0.3 is 0 Å². The largest absolute Gasteiger partial charge is 0.297 e. The van der Waals surface area contributed by atoms with Gasteiger partial charge in [0.2, 0.25) is 0 Å². The van der Waals surface area contributed by atoms with Crippen LogP contribution in [-0.2, 0) is 6.42 Å². The molecule has 3 heterocycles. The number of hydrazine groups is 1. The van der Waals surface area contributed by atoms with E-state index >= 15 is 0 Å². The highest BCUT2D eigenvalue weighted by molar-refractivity contribution is 7.15. The molecule has 0 saturated heterocycles. The molecule has 0 spiro atoms. The van der Waals surface area contributed by atoms with Crippen LogP contribution in [0.2, 0.25) is 0 Å². The van der Waals surface area contributed by atoms with E-state index in [0.717, 1.165) is 22.6 Å². The number of thiazole rings is 1. The van der Waals surface area contributed by atoms with Crippen molar-refractivity contribution in [3.05, 3.63) is 53.6 Å². The van der Waals surface area contributed by atoms with E-state index in [0.29, 0.717) is 0 Å². The van der Waals surface area contributed by atoms with E-state index in [9.17, 15) is 0 Å². The Hall–Kier alpha value is -1.76. The number of nitrogens with two attached hydrogens (primary N) is 1. The Bertz CT molecular complexity index is 602. The second kappa shape index (κ2) is 4.85. The van der Waals surface area contributed by atoms with E-state index < -0.39 is 0 Å². The molecule has 6 heteroatoms. The predicted octanol–water partition coefficient (Wildman–Crippen LogP) is 1.54. The van der Waals surface area contributed by atoms with E-state index in [-0.39, 0.29) is 6.04 Å². The van der Waals surface area contributed by atoms with Crippen LogP contribution in [0.5, 0.6) is 0 Å². The smallest absolute Gasteiger partial charge is 0.193 e. The third-order valence-corrected chi connectivity index (χ3v) is 3.64. The summed E-state index contributed by atoms with van der Waals surface area (Å²) >= 11 is 1.63. The monoisotopic (exact) mass is 259 g/mol. The number of rotatable bonds is 4. The maximum Gasteiger partial charge on any atom is 0.193 e. The van der Waals surface area contributed by atoms with Gasteiger partial charge in [-0.15, -0.1) is 11.3 Å². The van der Waals surface area contributed by atoms with Crippen LogP contribution < -0.4 is 11.3 Å². The number of imidazole rings is 1. The van der Waals surface area contributed by atoms with Gasteiger partial charge in [-0.05, 0) is 17.7 Å². The van der Waals surface area contributed by atoms with Gasteiger partial charge in [0, 0.05) is 36.6 Å². The van der Waals surface area contributed by atoms with E-state index in [1.807, 2.05) is 34.3 Å². The van der Waals surface area contributed by atoms with Gasteiger partial charge in [0.25, 0.3) is 0 Å². The van der Waals surface area contributed by atoms with Crippen molar-refractivity contribution in [3.63, 3.8) is 0 Å². The molecule has 92 valence electrons. The molecule has 0 saturated carbocycles. The average molecular weight is 259 g/mol. The van der Waals surface area contributed by atoms with Gasteiger partial charge in [0.1, 0.15) is 0 Å². The molecule has 0 bridgehead atoms. The molecule has 0 aliphatic heterocycles. The quantitative estimate of drug-likeness (QED) is 0.551. The first kappa shape index (κ1) is 11.3. The van der Waals surface area contributed by atoms with E-state index in [4.69, 9.17) is 5.84 Å². The zero-order valence-electron chi connectivity index (χ0n) is 9.65. The van der Waals surface area contributed by atoms with Crippen LogP contribution in [0, 0.1) is 0 Å². The number of hydrogen-bond donors (Lipinski definition) is 2. The summed E-state index contributed by atoms with van der Waals surface area (Å²) in [6.45, 7) is 0. The summed E-state index contributed by atoms with van der Waals surface area (Å²) < 4.78 is 2.03. The van der Waals surface area contributed by atoms with Crippen molar-refractivity contribution in [2.75, 3.05) is 0 Å². The molecule has 0 aliphatic rings. The summed E-state index contributed by atoms with van der Waals surface area (Å²) in [6.07, 6.45) is 8.34. The molecule has 3 N–H and O–H groups in total. The second-order valence-electron chi connectivity index (χ2n) is 4.03. The van der Waals surface area contributed by atoms with Gasteiger partial charge in [-0.25, -0.2) is 4.98 Å². The fourth-order valence-corrected chi connectivity index (χ4v) is 2.67. The van der Waals surface area contributed by atoms with Crippen molar-refractivity contribution in [2.45, 2.75) is 12.5 Å². The van der Waals surface area contributed by atoms with Crippen molar-refractivity contribution >= 4 is 16.3 Å². The fraction of sp³-hybridized carbons (Fsp3) is 0.167. The number of fused-ring (bicyclic) bond motifs is 1. The third kappa shape index (κ3) is 2.13. The lowest BCUT2D eigenvalue weighted by Crippen LogP contribution is -2.29. The third-order valence-electron chi connectivity index (χ3n) is 2.87. The maximum absolute atomic E-state index is 5.62. The molecule has 18 heavy (non-hydrogen) atoms. The molecule has 0 radical (unpaired) electrons. The van der Waals surface area contributed by atoms with Gasteiger partial charge < -0.3 is 0 Å². The fourth-order valence-electron chi connectivity index (χ4n) is 1.95. The van der Waals surface area contributed by atoms with Crippen LogP contribution in [0.4, 0.5) is 0 Å². The lowest BCUT2D eigenvalue weighted by Gasteiger charge is -2.14. The number of nitrogens with one attached hydrogen (secondary N) is 1. The number of nitrogens with zero attached hydrogens (tertiary/aromatic N) is 3. The Morgan fingerprint density at radius 1 is 1.39 bits per heavy atom. The van der Waals surface area contributed by atoms with Crippen molar-refractivity contribution in [2.24, 2.45) is 5.84 Å². The molecule has 5 nitrogen and oxygen atoms in total. The van der Waals surface area contributed by atoms with Crippen molar-refractivity contribution in [1.29, 1.82) is 0 Å². The Labute approximate surface area is 108 Å². The standard InChI is InChI=1S/C12H13N5S/c13-16-11(9-1-3-14-4-2-9)7-10-8-17-5-6-18-12(17)15-10/h1-6,8,11,16H,7,13H2. The molecular weight excluding hydrogens is 246 g/mol. The Morgan fingerprint density at radius 3 is 2.94 bits per heavy atom. The minimum absolute atomic E-state index is 0.0533. The molecule has 0 aromatic carbocycles. The molecule has 0 fully saturated rings. The molecule has 0 amide bonds. The van der Waals surface area contributed by atoms with Crippen LogP contribution >= 0.6 is 11.3 Å². The van der Waals surface area contributed by atoms with Gasteiger partial charge in [0.05, 0.1) is 11.7 Å². The Morgan fingerprint density at radius 2 is 2.22 bits per heavy atom. The van der Waals surface area contributed by atoms with Crippen LogP contribution in [0.3, 0.4) is 0 Å². The molecule has 0 aliphatic carbocycles. The van der Waals surface area contributed by atoms with Gasteiger partial charge in [-0.2, -0.15) is 0 Å². The summed E-state index contributed by atoms with van der Waals surface area (Å²) in [7, 11) is 0. The lowest BCUT2D eigenvalue weighted by atomic mass is 10.0. The summed E-state index contributed by atoms with van der Waals surface area (Å²) in [5.74, 6) is 5.62. The highest BCUT2D eigenvalue weighted by atomic mass is 32.1. The zero-order chi connectivity index (χ0) is 12.4. The zero-order valence-corrected chi connectivity index (χ0v) is 10.5. The Kier molecular flexibility index (Phi) is 3.06. The topological polar surface area (TPSA) is 68.2 Å². The van der Waals surface area contributed by atoms with E-state index in [2.05, 4.69) is 15.4 Å². The molecule has 1 atom stereocenters. The van der Waals surface area contributed by atoms with Crippen LogP contribution in [0.25, 0.3) is 4.96 Å². The lowest BCUT2D eigenvalue weighted by molar-refractivity contribution is 0.546. The highest BCUT2D eigenvalue weighted by Crippen LogP contribution is 2.18. The molecule has 3 aromatic heterocycles. The Balaban J connectivity index is 1.84. The van der Waals surface area contributed by atoms with Crippen molar-refractivity contribution < 1.29 is 0 Å². The summed E-state index contributed by atoms with van der Waals surface area (Å²) in [4.78, 5) is 9.57. The highest BCUT2D eigenvalue weighted by Gasteiger charge is 2.12. The maximum atomic E-state index is 5.62. The molecule has 3 rings (SSSR count). The molecular formula is C12H13N5S. The van der Waals surface area contributed by atoms with Crippen LogP contribution in [-0.4, -0.2) is 14.4 Å². The van der Waals surface area contributed by atoms with Crippen molar-refractivity contribution in [3.8, 4) is 0 Å². The van der Waals surface area contributed by atoms with Gasteiger partial charge in [-0.1, -0.05) is 0 Å². The molecule has 3 aromatic rings. The molecule has 1 unspecified atom stereocenters. The van der Waals surface area contributed by atoms with Gasteiger partial charge in [0.15, 0.2) is 4.96 Å². The van der Waals surface area contributed by atoms with Crippen molar-refractivity contribution in [1.82, 2.24) is 19.8 Å². The SMILES string of the molecule is NNC(Cc1cn2ccsc2n1)c1ccncc1. The number of pyridine rings is 1. The van der Waals surface area contributed by atoms with Gasteiger partial charge in [-0.3, -0.25) is 20.7 Å². The average Bonchev–Trinajstić information content (AvgIpc) is 2.97. The van der Waals surface area contributed by atoms with E-state index in [1.54, 1.807) is 23.7 Å². The van der Waals surface area contributed by atoms with Crippen LogP contribution in [0.1, 0.15) is 17.3 Å². The number of aromatic nitrogens is 3. The summed E-state index contributed by atoms with van der Waals surface area (Å²) in [5, 5.41) is 2.02. The predicted molar refractivity (Wildman–Crippen MR) is 71.1 cm³/mol.